The number of ether oxygens (including phenoxy) is 1. The molecule has 0 aromatic heterocycles. The lowest BCUT2D eigenvalue weighted by molar-refractivity contribution is -0.114. The number of nitrogens with one attached hydrogen (secondary N) is 1. The molecule has 2 rings (SSSR count). The maximum atomic E-state index is 12.2. The summed E-state index contributed by atoms with van der Waals surface area (Å²) < 4.78 is 5.67. The zero-order chi connectivity index (χ0) is 17.7. The highest BCUT2D eigenvalue weighted by Gasteiger charge is 2.09. The molecule has 0 heterocycles. The van der Waals surface area contributed by atoms with Crippen molar-refractivity contribution in [1.29, 1.82) is 0 Å². The van der Waals surface area contributed by atoms with E-state index in [4.69, 9.17) is 4.74 Å². The Morgan fingerprint density at radius 3 is 2.33 bits per heavy atom. The molecule has 0 unspecified atom stereocenters. The Morgan fingerprint density at radius 1 is 1.08 bits per heavy atom. The molecule has 0 radical (unpaired) electrons. The van der Waals surface area contributed by atoms with E-state index in [1.165, 1.54) is 12.5 Å². The van der Waals surface area contributed by atoms with Gasteiger partial charge in [-0.1, -0.05) is 19.9 Å². The second-order valence-corrected chi connectivity index (χ2v) is 6.20. The van der Waals surface area contributed by atoms with E-state index >= 15 is 0 Å². The van der Waals surface area contributed by atoms with E-state index in [9.17, 15) is 9.59 Å². The number of Topliss-reactive ketones (excluding diaryl/α,β-unsaturated/α-hetero) is 1. The van der Waals surface area contributed by atoms with E-state index in [0.29, 0.717) is 22.9 Å². The van der Waals surface area contributed by atoms with Gasteiger partial charge in [0.05, 0.1) is 0 Å². The van der Waals surface area contributed by atoms with Gasteiger partial charge in [0.25, 0.3) is 0 Å². The molecule has 24 heavy (non-hydrogen) atoms. The Labute approximate surface area is 142 Å². The topological polar surface area (TPSA) is 55.4 Å². The zero-order valence-electron chi connectivity index (χ0n) is 14.6. The average Bonchev–Trinajstić information content (AvgIpc) is 2.52. The molecule has 0 saturated heterocycles. The first-order valence-electron chi connectivity index (χ1n) is 8.00. The van der Waals surface area contributed by atoms with Crippen molar-refractivity contribution in [2.75, 3.05) is 11.9 Å². The van der Waals surface area contributed by atoms with Crippen LogP contribution in [0.25, 0.3) is 0 Å². The predicted molar refractivity (Wildman–Crippen MR) is 95.8 cm³/mol. The molecule has 0 bridgehead atoms. The van der Waals surface area contributed by atoms with Crippen molar-refractivity contribution >= 4 is 17.4 Å². The van der Waals surface area contributed by atoms with Crippen molar-refractivity contribution in [2.24, 2.45) is 0 Å². The van der Waals surface area contributed by atoms with Crippen LogP contribution >= 0.6 is 0 Å². The number of carbonyl (C=O) groups excluding carboxylic acids is 2. The Kier molecular flexibility index (Phi) is 5.74. The monoisotopic (exact) mass is 325 g/mol. The lowest BCUT2D eigenvalue weighted by Gasteiger charge is -2.11. The van der Waals surface area contributed by atoms with Gasteiger partial charge in [-0.25, -0.2) is 0 Å². The number of aryl methyl sites for hydroxylation is 1. The van der Waals surface area contributed by atoms with Crippen LogP contribution in [-0.4, -0.2) is 18.3 Å². The number of hydrogen-bond acceptors (Lipinski definition) is 3. The van der Waals surface area contributed by atoms with E-state index in [1.807, 2.05) is 19.1 Å². The summed E-state index contributed by atoms with van der Waals surface area (Å²) in [5, 5.41) is 2.67. The number of hydrogen-bond donors (Lipinski definition) is 1. The molecular weight excluding hydrogens is 302 g/mol. The summed E-state index contributed by atoms with van der Waals surface area (Å²) in [6.07, 6.45) is 0. The van der Waals surface area contributed by atoms with Crippen LogP contribution in [0.1, 0.15) is 48.2 Å². The van der Waals surface area contributed by atoms with Gasteiger partial charge >= 0.3 is 0 Å². The standard InChI is InChI=1S/C20H23NO3/c1-13(2)17-9-14(3)10-19(11-17)24-12-20(23)16-5-7-18(8-6-16)21-15(4)22/h5-11,13H,12H2,1-4H3,(H,21,22). The normalized spacial score (nSPS) is 10.5. The fraction of sp³-hybridized carbons (Fsp3) is 0.300. The van der Waals surface area contributed by atoms with Crippen LogP contribution in [0.15, 0.2) is 42.5 Å². The summed E-state index contributed by atoms with van der Waals surface area (Å²) in [6, 6.07) is 12.8. The van der Waals surface area contributed by atoms with Crippen LogP contribution < -0.4 is 10.1 Å². The Bertz CT molecular complexity index is 733. The number of amides is 1. The molecule has 4 nitrogen and oxygen atoms in total. The number of ketones is 1. The third-order valence-corrected chi connectivity index (χ3v) is 3.64. The second-order valence-electron chi connectivity index (χ2n) is 6.20. The largest absolute Gasteiger partial charge is 0.485 e. The van der Waals surface area contributed by atoms with Gasteiger partial charge in [-0.05, 0) is 60.4 Å². The van der Waals surface area contributed by atoms with Crippen molar-refractivity contribution in [1.82, 2.24) is 0 Å². The first-order valence-corrected chi connectivity index (χ1v) is 8.00. The van der Waals surface area contributed by atoms with Crippen LogP contribution in [-0.2, 0) is 4.79 Å². The maximum Gasteiger partial charge on any atom is 0.221 e. The molecule has 2 aromatic carbocycles. The lowest BCUT2D eigenvalue weighted by Crippen LogP contribution is -2.12. The summed E-state index contributed by atoms with van der Waals surface area (Å²) in [5.41, 5.74) is 3.53. The number of benzene rings is 2. The van der Waals surface area contributed by atoms with Gasteiger partial charge in [-0.3, -0.25) is 9.59 Å². The third kappa shape index (κ3) is 4.95. The van der Waals surface area contributed by atoms with Crippen LogP contribution in [0.2, 0.25) is 0 Å². The highest BCUT2D eigenvalue weighted by molar-refractivity contribution is 5.98. The SMILES string of the molecule is CC(=O)Nc1ccc(C(=O)COc2cc(C)cc(C(C)C)c2)cc1. The van der Waals surface area contributed by atoms with Crippen LogP contribution in [0.3, 0.4) is 0 Å². The van der Waals surface area contributed by atoms with Crippen molar-refractivity contribution in [2.45, 2.75) is 33.6 Å². The molecule has 0 fully saturated rings. The van der Waals surface area contributed by atoms with Gasteiger partial charge < -0.3 is 10.1 Å². The van der Waals surface area contributed by atoms with E-state index in [1.54, 1.807) is 24.3 Å². The Morgan fingerprint density at radius 2 is 1.75 bits per heavy atom. The van der Waals surface area contributed by atoms with Crippen molar-refractivity contribution in [3.8, 4) is 5.75 Å². The molecule has 1 amide bonds. The minimum atomic E-state index is -0.141. The molecule has 0 aliphatic carbocycles. The fourth-order valence-electron chi connectivity index (χ4n) is 2.37. The minimum absolute atomic E-state index is 0.0134. The summed E-state index contributed by atoms with van der Waals surface area (Å²) in [6.45, 7) is 7.70. The van der Waals surface area contributed by atoms with Crippen molar-refractivity contribution in [3.63, 3.8) is 0 Å². The molecule has 0 aliphatic heterocycles. The van der Waals surface area contributed by atoms with Gasteiger partial charge in [-0.2, -0.15) is 0 Å². The van der Waals surface area contributed by atoms with E-state index in [2.05, 4.69) is 25.2 Å². The first-order chi connectivity index (χ1) is 11.3. The highest BCUT2D eigenvalue weighted by atomic mass is 16.5. The van der Waals surface area contributed by atoms with Gasteiger partial charge in [0.2, 0.25) is 5.91 Å². The molecule has 1 N–H and O–H groups in total. The third-order valence-electron chi connectivity index (χ3n) is 3.64. The molecule has 126 valence electrons. The molecular formula is C20H23NO3. The predicted octanol–water partition coefficient (Wildman–Crippen LogP) is 4.34. The van der Waals surface area contributed by atoms with Gasteiger partial charge in [0.15, 0.2) is 12.4 Å². The van der Waals surface area contributed by atoms with E-state index in [0.717, 1.165) is 5.56 Å². The first kappa shape index (κ1) is 17.7. The molecule has 4 heteroatoms. The molecule has 0 aliphatic rings. The maximum absolute atomic E-state index is 12.2. The summed E-state index contributed by atoms with van der Waals surface area (Å²) in [4.78, 5) is 23.2. The average molecular weight is 325 g/mol. The number of rotatable bonds is 6. The quantitative estimate of drug-likeness (QED) is 0.804. The lowest BCUT2D eigenvalue weighted by atomic mass is 10.0. The van der Waals surface area contributed by atoms with E-state index < -0.39 is 0 Å². The molecule has 0 spiro atoms. The van der Waals surface area contributed by atoms with Gasteiger partial charge in [0.1, 0.15) is 5.75 Å². The minimum Gasteiger partial charge on any atom is -0.485 e. The zero-order valence-corrected chi connectivity index (χ0v) is 14.6. The molecule has 0 saturated carbocycles. The Balaban J connectivity index is 2.01. The van der Waals surface area contributed by atoms with Gasteiger partial charge in [0, 0.05) is 18.2 Å². The van der Waals surface area contributed by atoms with Crippen LogP contribution in [0.5, 0.6) is 5.75 Å². The Hall–Kier alpha value is -2.62. The second kappa shape index (κ2) is 7.77. The number of carbonyl (C=O) groups is 2. The smallest absolute Gasteiger partial charge is 0.221 e. The van der Waals surface area contributed by atoms with Crippen LogP contribution in [0.4, 0.5) is 5.69 Å². The molecule has 0 atom stereocenters. The number of anilines is 1. The fourth-order valence-corrected chi connectivity index (χ4v) is 2.37. The molecule has 2 aromatic rings. The van der Waals surface area contributed by atoms with Crippen molar-refractivity contribution in [3.05, 3.63) is 59.2 Å². The van der Waals surface area contributed by atoms with Crippen molar-refractivity contribution < 1.29 is 14.3 Å². The summed E-state index contributed by atoms with van der Waals surface area (Å²) in [7, 11) is 0. The van der Waals surface area contributed by atoms with Gasteiger partial charge in [-0.15, -0.1) is 0 Å². The highest BCUT2D eigenvalue weighted by Crippen LogP contribution is 2.23. The van der Waals surface area contributed by atoms with Crippen LogP contribution in [0, 0.1) is 6.92 Å². The summed E-state index contributed by atoms with van der Waals surface area (Å²) in [5.74, 6) is 0.876. The summed E-state index contributed by atoms with van der Waals surface area (Å²) >= 11 is 0. The van der Waals surface area contributed by atoms with E-state index in [-0.39, 0.29) is 18.3 Å².